The molecule has 0 aromatic heterocycles. The molecule has 0 bridgehead atoms. The Morgan fingerprint density at radius 3 is 2.38 bits per heavy atom. The molecule has 0 aromatic rings. The van der Waals surface area contributed by atoms with Crippen LogP contribution in [0.15, 0.2) is 0 Å². The maximum absolute atomic E-state index is 12.9. The van der Waals surface area contributed by atoms with E-state index in [1.54, 1.807) is 0 Å². The molecule has 2 aliphatic rings. The van der Waals surface area contributed by atoms with Gasteiger partial charge in [0.15, 0.2) is 4.32 Å². The molecule has 1 atom stereocenters. The maximum atomic E-state index is 12.9. The Morgan fingerprint density at radius 1 is 1.33 bits per heavy atom. The summed E-state index contributed by atoms with van der Waals surface area (Å²) in [4.78, 5) is 22.5. The second-order valence-electron chi connectivity index (χ2n) is 5.47. The lowest BCUT2D eigenvalue weighted by Crippen LogP contribution is -2.55. The molecule has 118 valence electrons. The molecule has 2 saturated heterocycles. The number of rotatable bonds is 5. The monoisotopic (exact) mass is 331 g/mol. The van der Waals surface area contributed by atoms with E-state index >= 15 is 0 Å². The van der Waals surface area contributed by atoms with Crippen LogP contribution < -0.4 is 0 Å². The summed E-state index contributed by atoms with van der Waals surface area (Å²) in [6.45, 7) is 5.26. The molecule has 0 spiro atoms. The summed E-state index contributed by atoms with van der Waals surface area (Å²) in [7, 11) is 0. The molecular formula is C13H21N3O3S2. The van der Waals surface area contributed by atoms with Gasteiger partial charge in [-0.05, 0) is 37.4 Å². The molecular weight excluding hydrogens is 310 g/mol. The van der Waals surface area contributed by atoms with Gasteiger partial charge in [0, 0.05) is 23.9 Å². The molecule has 2 heterocycles. The minimum absolute atomic E-state index is 0.308. The molecule has 6 nitrogen and oxygen atoms in total. The molecule has 0 saturated carbocycles. The van der Waals surface area contributed by atoms with Gasteiger partial charge in [0.2, 0.25) is 0 Å². The highest BCUT2D eigenvalue weighted by molar-refractivity contribution is 8.24. The van der Waals surface area contributed by atoms with Gasteiger partial charge < -0.3 is 0 Å². The molecule has 0 aromatic carbocycles. The van der Waals surface area contributed by atoms with Gasteiger partial charge in [-0.3, -0.25) is 14.9 Å². The largest absolute Gasteiger partial charge is 0.355 e. The van der Waals surface area contributed by atoms with Crippen molar-refractivity contribution >= 4 is 34.2 Å². The molecule has 21 heavy (non-hydrogen) atoms. The Kier molecular flexibility index (Phi) is 5.21. The van der Waals surface area contributed by atoms with Crippen LogP contribution in [0.3, 0.4) is 0 Å². The van der Waals surface area contributed by atoms with Crippen LogP contribution >= 0.6 is 24.0 Å². The lowest BCUT2D eigenvalue weighted by atomic mass is 9.93. The summed E-state index contributed by atoms with van der Waals surface area (Å²) in [5, 5.41) is 15.0. The number of thioether (sulfide) groups is 1. The summed E-state index contributed by atoms with van der Waals surface area (Å²) in [6, 6.07) is 0. The number of nitrogens with zero attached hydrogens (tertiary/aromatic N) is 3. The van der Waals surface area contributed by atoms with Crippen LogP contribution in [0.5, 0.6) is 0 Å². The molecule has 0 aliphatic carbocycles. The number of hydrogen-bond donors (Lipinski definition) is 0. The quantitative estimate of drug-likeness (QED) is 0.438. The van der Waals surface area contributed by atoms with Crippen molar-refractivity contribution in [3.63, 3.8) is 0 Å². The van der Waals surface area contributed by atoms with Crippen LogP contribution in [0, 0.1) is 16.0 Å². The lowest BCUT2D eigenvalue weighted by Gasteiger charge is -2.34. The van der Waals surface area contributed by atoms with Gasteiger partial charge in [-0.15, -0.1) is 0 Å². The van der Waals surface area contributed by atoms with E-state index in [1.807, 2.05) is 18.9 Å². The summed E-state index contributed by atoms with van der Waals surface area (Å²) >= 11 is 6.26. The average molecular weight is 331 g/mol. The first-order chi connectivity index (χ1) is 9.98. The number of amides is 1. The van der Waals surface area contributed by atoms with Gasteiger partial charge in [-0.2, -0.15) is 0 Å². The van der Waals surface area contributed by atoms with E-state index in [0.29, 0.717) is 17.2 Å². The minimum atomic E-state index is -1.64. The first-order valence-corrected chi connectivity index (χ1v) is 8.68. The first kappa shape index (κ1) is 16.6. The molecule has 0 N–H and O–H groups in total. The fraction of sp³-hybridized carbons (Fsp3) is 0.846. The van der Waals surface area contributed by atoms with Crippen molar-refractivity contribution < 1.29 is 9.72 Å². The Balaban J connectivity index is 2.34. The van der Waals surface area contributed by atoms with E-state index in [0.717, 1.165) is 44.1 Å². The molecule has 0 radical (unpaired) electrons. The minimum Gasteiger partial charge on any atom is -0.263 e. The van der Waals surface area contributed by atoms with Crippen molar-refractivity contribution in [1.29, 1.82) is 0 Å². The van der Waals surface area contributed by atoms with Crippen molar-refractivity contribution in [3.05, 3.63) is 10.1 Å². The third-order valence-corrected chi connectivity index (χ3v) is 6.08. The van der Waals surface area contributed by atoms with Gasteiger partial charge in [-0.25, -0.2) is 10.0 Å². The third kappa shape index (κ3) is 2.68. The standard InChI is InChI=1S/C13H21N3O3S2/c1-3-10(4-2)13(16(18)19)11(17)15(12(20)21-13)14-8-6-5-7-9-14/h10H,3-9H2,1-2H3. The number of carbonyl (C=O) groups is 1. The fourth-order valence-electron chi connectivity index (χ4n) is 3.14. The van der Waals surface area contributed by atoms with Crippen molar-refractivity contribution in [1.82, 2.24) is 10.0 Å². The number of hydrogen-bond acceptors (Lipinski definition) is 6. The Morgan fingerprint density at radius 2 is 1.90 bits per heavy atom. The molecule has 8 heteroatoms. The number of hydrazine groups is 1. The van der Waals surface area contributed by atoms with E-state index in [1.165, 1.54) is 5.01 Å². The molecule has 2 aliphatic heterocycles. The topological polar surface area (TPSA) is 66.7 Å². The van der Waals surface area contributed by atoms with Gasteiger partial charge in [-0.1, -0.05) is 32.5 Å². The van der Waals surface area contributed by atoms with E-state index < -0.39 is 15.7 Å². The van der Waals surface area contributed by atoms with Crippen LogP contribution in [-0.2, 0) is 4.79 Å². The normalized spacial score (nSPS) is 27.7. The van der Waals surface area contributed by atoms with E-state index in [-0.39, 0.29) is 5.92 Å². The highest BCUT2D eigenvalue weighted by Gasteiger charge is 2.66. The summed E-state index contributed by atoms with van der Waals surface area (Å²) in [5.74, 6) is -0.768. The van der Waals surface area contributed by atoms with Crippen LogP contribution in [0.2, 0.25) is 0 Å². The predicted octanol–water partition coefficient (Wildman–Crippen LogP) is 2.66. The zero-order chi connectivity index (χ0) is 15.6. The van der Waals surface area contributed by atoms with E-state index in [2.05, 4.69) is 0 Å². The highest BCUT2D eigenvalue weighted by atomic mass is 32.2. The third-order valence-electron chi connectivity index (χ3n) is 4.34. The van der Waals surface area contributed by atoms with Crippen molar-refractivity contribution in [2.45, 2.75) is 50.8 Å². The second-order valence-corrected chi connectivity index (χ2v) is 7.32. The smallest absolute Gasteiger partial charge is 0.263 e. The summed E-state index contributed by atoms with van der Waals surface area (Å²) < 4.78 is 0.325. The predicted molar refractivity (Wildman–Crippen MR) is 86.3 cm³/mol. The van der Waals surface area contributed by atoms with Crippen molar-refractivity contribution in [2.75, 3.05) is 13.1 Å². The molecule has 2 rings (SSSR count). The van der Waals surface area contributed by atoms with Gasteiger partial charge in [0.25, 0.3) is 0 Å². The summed E-state index contributed by atoms with van der Waals surface area (Å²) in [6.07, 6.45) is 4.30. The molecule has 1 unspecified atom stereocenters. The van der Waals surface area contributed by atoms with Crippen LogP contribution in [0.4, 0.5) is 0 Å². The average Bonchev–Trinajstić information content (AvgIpc) is 2.74. The fourth-order valence-corrected chi connectivity index (χ4v) is 5.02. The van der Waals surface area contributed by atoms with E-state index in [9.17, 15) is 14.9 Å². The number of piperidine rings is 1. The Hall–Kier alpha value is -0.730. The number of nitro groups is 1. The highest BCUT2D eigenvalue weighted by Crippen LogP contribution is 2.46. The molecule has 1 amide bonds. The zero-order valence-corrected chi connectivity index (χ0v) is 14.0. The Bertz CT molecular complexity index is 450. The van der Waals surface area contributed by atoms with Gasteiger partial charge in [0.1, 0.15) is 0 Å². The first-order valence-electron chi connectivity index (χ1n) is 7.45. The number of carbonyl (C=O) groups excluding carboxylic acids is 1. The van der Waals surface area contributed by atoms with Crippen LogP contribution in [0.25, 0.3) is 0 Å². The second kappa shape index (κ2) is 6.58. The lowest BCUT2D eigenvalue weighted by molar-refractivity contribution is -0.533. The Labute approximate surface area is 134 Å². The maximum Gasteiger partial charge on any atom is 0.355 e. The zero-order valence-electron chi connectivity index (χ0n) is 12.4. The SMILES string of the molecule is CCC(CC)C1([N+](=O)[O-])SC(=S)N(N2CCCCC2)C1=O. The van der Waals surface area contributed by atoms with Crippen molar-refractivity contribution in [2.24, 2.45) is 5.92 Å². The molecule has 2 fully saturated rings. The van der Waals surface area contributed by atoms with Gasteiger partial charge in [0.05, 0.1) is 0 Å². The van der Waals surface area contributed by atoms with Crippen LogP contribution in [-0.4, -0.2) is 43.1 Å². The van der Waals surface area contributed by atoms with Crippen molar-refractivity contribution in [3.8, 4) is 0 Å². The number of thiocarbonyl (C=S) groups is 1. The van der Waals surface area contributed by atoms with Gasteiger partial charge >= 0.3 is 10.8 Å². The summed E-state index contributed by atoms with van der Waals surface area (Å²) in [5.41, 5.74) is 0. The van der Waals surface area contributed by atoms with Crippen LogP contribution in [0.1, 0.15) is 46.0 Å². The van der Waals surface area contributed by atoms with E-state index in [4.69, 9.17) is 12.2 Å².